The van der Waals surface area contributed by atoms with Gasteiger partial charge in [-0.05, 0) is 45.9 Å². The molecule has 26 heavy (non-hydrogen) atoms. The van der Waals surface area contributed by atoms with Gasteiger partial charge in [-0.2, -0.15) is 0 Å². The lowest BCUT2D eigenvalue weighted by molar-refractivity contribution is 0.150. The molecule has 0 amide bonds. The van der Waals surface area contributed by atoms with Gasteiger partial charge < -0.3 is 22.8 Å². The van der Waals surface area contributed by atoms with E-state index in [-0.39, 0.29) is 37.2 Å². The van der Waals surface area contributed by atoms with Crippen LogP contribution >= 0.6 is 38.4 Å². The maximum atomic E-state index is 13.3. The highest BCUT2D eigenvalue weighted by Crippen LogP contribution is 2.70. The Hall–Kier alpha value is -0.100. The molecule has 11 heteroatoms. The number of hydrogen-bond donors (Lipinski definition) is 0. The van der Waals surface area contributed by atoms with Crippen LogP contribution in [0.5, 0.6) is 5.75 Å². The third-order valence-corrected chi connectivity index (χ3v) is 8.90. The van der Waals surface area contributed by atoms with Gasteiger partial charge in [0.1, 0.15) is 5.75 Å². The van der Waals surface area contributed by atoms with Gasteiger partial charge in [-0.3, -0.25) is 9.13 Å². The van der Waals surface area contributed by atoms with Crippen LogP contribution in [0.4, 0.5) is 0 Å². The minimum absolute atomic E-state index is 0.0454. The second-order valence-corrected chi connectivity index (χ2v) is 10.2. The Labute approximate surface area is 164 Å². The first-order valence-corrected chi connectivity index (χ1v) is 12.1. The largest absolute Gasteiger partial charge is 0.464 e. The Balaban J connectivity index is 3.44. The number of hydrogen-bond acceptors (Lipinski definition) is 7. The second-order valence-electron chi connectivity index (χ2n) is 4.77. The average Bonchev–Trinajstić information content (AvgIpc) is 2.54. The predicted octanol–water partition coefficient (Wildman–Crippen LogP) is 6.19. The quantitative estimate of drug-likeness (QED) is 0.352. The number of ether oxygens (including phenoxy) is 1. The van der Waals surface area contributed by atoms with Gasteiger partial charge in [-0.15, -0.1) is 0 Å². The first-order chi connectivity index (χ1) is 12.3. The second kappa shape index (κ2) is 11.0. The maximum Gasteiger partial charge on any atom is 0.383 e. The van der Waals surface area contributed by atoms with E-state index in [2.05, 4.69) is 0 Å². The van der Waals surface area contributed by atoms with Gasteiger partial charge in [0.2, 0.25) is 0 Å². The zero-order valence-corrected chi connectivity index (χ0v) is 18.4. The van der Waals surface area contributed by atoms with E-state index in [0.717, 1.165) is 0 Å². The molecule has 0 aromatic heterocycles. The van der Waals surface area contributed by atoms with Gasteiger partial charge in [0.15, 0.2) is 0 Å². The van der Waals surface area contributed by atoms with Crippen molar-refractivity contribution >= 4 is 38.4 Å². The molecule has 0 saturated heterocycles. The van der Waals surface area contributed by atoms with Crippen LogP contribution in [0.1, 0.15) is 27.7 Å². The van der Waals surface area contributed by atoms with Crippen LogP contribution in [0, 0.1) is 0 Å². The highest BCUT2D eigenvalue weighted by atomic mass is 35.5. The van der Waals surface area contributed by atoms with Crippen LogP contribution < -0.4 is 4.74 Å². The number of halogens is 2. The monoisotopic (exact) mass is 448 g/mol. The molecule has 0 heterocycles. The summed E-state index contributed by atoms with van der Waals surface area (Å²) in [6.45, 7) is 6.70. The molecule has 0 aliphatic carbocycles. The fourth-order valence-electron chi connectivity index (χ4n) is 2.04. The lowest BCUT2D eigenvalue weighted by atomic mass is 10.3. The molecule has 0 bridgehead atoms. The Kier molecular flexibility index (Phi) is 10.2. The first kappa shape index (κ1) is 23.9. The van der Waals surface area contributed by atoms with Crippen molar-refractivity contribution in [3.63, 3.8) is 0 Å². The van der Waals surface area contributed by atoms with Gasteiger partial charge in [0, 0.05) is 5.02 Å². The molecule has 1 aromatic carbocycles. The molecule has 0 saturated carbocycles. The summed E-state index contributed by atoms with van der Waals surface area (Å²) in [6, 6.07) is 4.43. The van der Waals surface area contributed by atoms with Crippen LogP contribution in [0.2, 0.25) is 10.0 Å². The number of rotatable bonds is 12. The van der Waals surface area contributed by atoms with E-state index in [4.69, 9.17) is 46.0 Å². The summed E-state index contributed by atoms with van der Waals surface area (Å²) in [4.78, 5) is 0. The van der Waals surface area contributed by atoms with E-state index in [1.165, 1.54) is 18.2 Å². The van der Waals surface area contributed by atoms with Crippen molar-refractivity contribution in [2.45, 2.75) is 33.3 Å². The summed E-state index contributed by atoms with van der Waals surface area (Å²) in [5.41, 5.74) is -1.64. The summed E-state index contributed by atoms with van der Waals surface area (Å²) < 4.78 is 53.6. The first-order valence-electron chi connectivity index (χ1n) is 8.15. The molecule has 0 atom stereocenters. The van der Waals surface area contributed by atoms with E-state index >= 15 is 0 Å². The Morgan fingerprint density at radius 3 is 1.62 bits per heavy atom. The van der Waals surface area contributed by atoms with Crippen LogP contribution in [0.3, 0.4) is 0 Å². The van der Waals surface area contributed by atoms with Crippen molar-refractivity contribution in [1.29, 1.82) is 0 Å². The van der Waals surface area contributed by atoms with E-state index in [9.17, 15) is 9.13 Å². The lowest BCUT2D eigenvalue weighted by Gasteiger charge is -2.31. The van der Waals surface area contributed by atoms with Crippen molar-refractivity contribution in [2.75, 3.05) is 26.4 Å². The highest BCUT2D eigenvalue weighted by molar-refractivity contribution is 7.72. The van der Waals surface area contributed by atoms with Crippen molar-refractivity contribution in [3.05, 3.63) is 28.2 Å². The summed E-state index contributed by atoms with van der Waals surface area (Å²) in [5.74, 6) is 0.0975. The standard InChI is InChI=1S/C15H24Cl2O7P2/c1-5-20-25(18,21-6-2)15(26(19,22-7-3)23-8-4)24-14-10-9-12(16)11-13(14)17/h9-11,15H,5-8H2,1-4H3. The third kappa shape index (κ3) is 6.22. The van der Waals surface area contributed by atoms with Crippen molar-refractivity contribution in [2.24, 2.45) is 0 Å². The maximum absolute atomic E-state index is 13.3. The minimum atomic E-state index is -4.03. The molecule has 0 radical (unpaired) electrons. The Bertz CT molecular complexity index is 621. The van der Waals surface area contributed by atoms with Crippen molar-refractivity contribution in [3.8, 4) is 5.75 Å². The number of benzene rings is 1. The molecule has 0 fully saturated rings. The molecule has 150 valence electrons. The highest BCUT2D eigenvalue weighted by Gasteiger charge is 2.53. The van der Waals surface area contributed by atoms with Crippen molar-refractivity contribution < 1.29 is 32.0 Å². The summed E-state index contributed by atoms with van der Waals surface area (Å²) in [7, 11) is -8.07. The van der Waals surface area contributed by atoms with Gasteiger partial charge in [-0.25, -0.2) is 0 Å². The smallest absolute Gasteiger partial charge is 0.383 e. The SMILES string of the molecule is CCOP(=O)(OCC)C(Oc1ccc(Cl)cc1Cl)P(=O)(OCC)OCC. The molecular weight excluding hydrogens is 425 g/mol. The molecule has 0 aliphatic rings. The van der Waals surface area contributed by atoms with Crippen LogP contribution in [-0.2, 0) is 27.2 Å². The fourth-order valence-corrected chi connectivity index (χ4v) is 7.26. The van der Waals surface area contributed by atoms with E-state index < -0.39 is 20.8 Å². The van der Waals surface area contributed by atoms with Gasteiger partial charge in [0.25, 0.3) is 5.59 Å². The Morgan fingerprint density at radius 1 is 0.846 bits per heavy atom. The molecule has 0 spiro atoms. The van der Waals surface area contributed by atoms with Gasteiger partial charge >= 0.3 is 15.2 Å². The predicted molar refractivity (Wildman–Crippen MR) is 103 cm³/mol. The van der Waals surface area contributed by atoms with Gasteiger partial charge in [-0.1, -0.05) is 23.2 Å². The molecule has 0 unspecified atom stereocenters. The van der Waals surface area contributed by atoms with E-state index in [1.54, 1.807) is 27.7 Å². The molecule has 1 aromatic rings. The molecule has 0 N–H and O–H groups in total. The van der Waals surface area contributed by atoms with E-state index in [0.29, 0.717) is 5.02 Å². The molecular formula is C15H24Cl2O7P2. The van der Waals surface area contributed by atoms with Crippen LogP contribution in [0.15, 0.2) is 18.2 Å². The van der Waals surface area contributed by atoms with Crippen LogP contribution in [-0.4, -0.2) is 32.0 Å². The topological polar surface area (TPSA) is 80.3 Å². The lowest BCUT2D eigenvalue weighted by Crippen LogP contribution is -2.23. The average molecular weight is 449 g/mol. The zero-order chi connectivity index (χ0) is 19.8. The summed E-state index contributed by atoms with van der Waals surface area (Å²) in [5, 5.41) is 0.524. The van der Waals surface area contributed by atoms with Gasteiger partial charge in [0.05, 0.1) is 31.5 Å². The zero-order valence-electron chi connectivity index (χ0n) is 15.1. The summed E-state index contributed by atoms with van der Waals surface area (Å²) in [6.07, 6.45) is 0. The summed E-state index contributed by atoms with van der Waals surface area (Å²) >= 11 is 12.0. The third-order valence-electron chi connectivity index (χ3n) is 2.90. The van der Waals surface area contributed by atoms with Crippen molar-refractivity contribution in [1.82, 2.24) is 0 Å². The Morgan fingerprint density at radius 2 is 1.27 bits per heavy atom. The minimum Gasteiger partial charge on any atom is -0.464 e. The molecule has 1 rings (SSSR count). The molecule has 0 aliphatic heterocycles. The fraction of sp³-hybridized carbons (Fsp3) is 0.600. The molecule has 7 nitrogen and oxygen atoms in total. The van der Waals surface area contributed by atoms with Crippen LogP contribution in [0.25, 0.3) is 0 Å². The normalized spacial score (nSPS) is 12.6. The van der Waals surface area contributed by atoms with E-state index in [1.807, 2.05) is 0 Å².